The number of halogens is 1. The van der Waals surface area contributed by atoms with Crippen LogP contribution in [0.3, 0.4) is 0 Å². The first-order valence-corrected chi connectivity index (χ1v) is 9.31. The minimum absolute atomic E-state index is 0.0113. The fraction of sp³-hybridized carbons (Fsp3) is 0.182. The van der Waals surface area contributed by atoms with Crippen LogP contribution in [0.2, 0.25) is 0 Å². The van der Waals surface area contributed by atoms with Crippen LogP contribution in [-0.4, -0.2) is 41.4 Å². The lowest BCUT2D eigenvalue weighted by atomic mass is 10.1. The fourth-order valence-corrected chi connectivity index (χ4v) is 3.24. The number of para-hydroxylation sites is 1. The monoisotopic (exact) mass is 393 g/mol. The topological polar surface area (TPSA) is 74.4 Å². The number of benzene rings is 2. The van der Waals surface area contributed by atoms with Crippen LogP contribution in [0.1, 0.15) is 16.1 Å². The molecule has 1 aromatic heterocycles. The van der Waals surface area contributed by atoms with Crippen molar-refractivity contribution < 1.29 is 18.7 Å². The largest absolute Gasteiger partial charge is 0.483 e. The maximum atomic E-state index is 13.1. The minimum atomic E-state index is -0.307. The van der Waals surface area contributed by atoms with E-state index in [4.69, 9.17) is 4.74 Å². The Balaban J connectivity index is 1.34. The van der Waals surface area contributed by atoms with Gasteiger partial charge in [-0.25, -0.2) is 4.39 Å². The Hall–Kier alpha value is -3.61. The van der Waals surface area contributed by atoms with Crippen LogP contribution in [-0.2, 0) is 11.3 Å². The number of carbonyl (C=O) groups excluding carboxylic acids is 2. The maximum absolute atomic E-state index is 13.1. The van der Waals surface area contributed by atoms with Gasteiger partial charge in [-0.2, -0.15) is 0 Å². The summed E-state index contributed by atoms with van der Waals surface area (Å²) in [6, 6.07) is 15.3. The quantitative estimate of drug-likeness (QED) is 0.700. The lowest BCUT2D eigenvalue weighted by Crippen LogP contribution is -2.39. The van der Waals surface area contributed by atoms with E-state index in [-0.39, 0.29) is 24.2 Å². The van der Waals surface area contributed by atoms with E-state index in [1.165, 1.54) is 12.1 Å². The summed E-state index contributed by atoms with van der Waals surface area (Å²) in [5.74, 6) is 0.0247. The van der Waals surface area contributed by atoms with Crippen molar-refractivity contribution >= 4 is 11.8 Å². The number of nitrogens with zero attached hydrogens (tertiary/aromatic N) is 1. The molecule has 0 saturated carbocycles. The van der Waals surface area contributed by atoms with Crippen LogP contribution in [0.25, 0.3) is 11.1 Å². The van der Waals surface area contributed by atoms with E-state index in [0.29, 0.717) is 31.1 Å². The van der Waals surface area contributed by atoms with Crippen molar-refractivity contribution in [2.45, 2.75) is 6.54 Å². The standard InChI is InChI=1S/C22H20FN3O3/c23-18-7-5-15(6-8-18)17-11-19(25-12-17)22(28)24-9-10-26-13-16-3-1-2-4-20(16)29-14-21(26)27/h1-8,11-12,25H,9-10,13-14H2,(H,24,28). The molecule has 0 fully saturated rings. The summed E-state index contributed by atoms with van der Waals surface area (Å²) in [5.41, 5.74) is 2.96. The number of nitrogens with one attached hydrogen (secondary N) is 2. The summed E-state index contributed by atoms with van der Waals surface area (Å²) >= 11 is 0. The van der Waals surface area contributed by atoms with Crippen LogP contribution in [0.15, 0.2) is 60.8 Å². The van der Waals surface area contributed by atoms with Gasteiger partial charge in [0.05, 0.1) is 0 Å². The minimum Gasteiger partial charge on any atom is -0.483 e. The molecule has 3 aromatic rings. The van der Waals surface area contributed by atoms with Crippen molar-refractivity contribution in [3.8, 4) is 16.9 Å². The summed E-state index contributed by atoms with van der Waals surface area (Å²) in [4.78, 5) is 29.3. The lowest BCUT2D eigenvalue weighted by molar-refractivity contribution is -0.133. The average molecular weight is 393 g/mol. The van der Waals surface area contributed by atoms with Crippen LogP contribution in [0.4, 0.5) is 4.39 Å². The highest BCUT2D eigenvalue weighted by molar-refractivity contribution is 5.94. The summed E-state index contributed by atoms with van der Waals surface area (Å²) in [6.45, 7) is 1.14. The number of aromatic nitrogens is 1. The third-order valence-corrected chi connectivity index (χ3v) is 4.81. The molecule has 0 saturated heterocycles. The summed E-state index contributed by atoms with van der Waals surface area (Å²) in [6.07, 6.45) is 1.70. The second-order valence-electron chi connectivity index (χ2n) is 6.78. The molecule has 0 aliphatic carbocycles. The molecule has 2 heterocycles. The smallest absolute Gasteiger partial charge is 0.267 e. The van der Waals surface area contributed by atoms with Gasteiger partial charge in [0.1, 0.15) is 17.3 Å². The van der Waals surface area contributed by atoms with E-state index in [0.717, 1.165) is 16.7 Å². The van der Waals surface area contributed by atoms with Crippen LogP contribution in [0.5, 0.6) is 5.75 Å². The second-order valence-corrected chi connectivity index (χ2v) is 6.78. The van der Waals surface area contributed by atoms with Crippen molar-refractivity contribution in [3.05, 3.63) is 77.9 Å². The zero-order chi connectivity index (χ0) is 20.2. The number of rotatable bonds is 5. The predicted octanol–water partition coefficient (Wildman–Crippen LogP) is 2.97. The first kappa shape index (κ1) is 18.7. The molecule has 1 aliphatic heterocycles. The highest BCUT2D eigenvalue weighted by Gasteiger charge is 2.21. The van der Waals surface area contributed by atoms with Crippen molar-refractivity contribution in [3.63, 3.8) is 0 Å². The van der Waals surface area contributed by atoms with Gasteiger partial charge < -0.3 is 19.9 Å². The van der Waals surface area contributed by atoms with E-state index in [2.05, 4.69) is 10.3 Å². The molecule has 0 unspecified atom stereocenters. The Morgan fingerprint density at radius 2 is 1.93 bits per heavy atom. The molecule has 7 heteroatoms. The molecular weight excluding hydrogens is 373 g/mol. The van der Waals surface area contributed by atoms with Gasteiger partial charge in [-0.15, -0.1) is 0 Å². The molecule has 2 aromatic carbocycles. The summed E-state index contributed by atoms with van der Waals surface area (Å²) < 4.78 is 18.6. The molecule has 29 heavy (non-hydrogen) atoms. The van der Waals surface area contributed by atoms with E-state index >= 15 is 0 Å². The summed E-state index contributed by atoms with van der Waals surface area (Å²) in [7, 11) is 0. The molecule has 0 atom stereocenters. The molecule has 4 rings (SSSR count). The molecule has 148 valence electrons. The molecule has 2 N–H and O–H groups in total. The number of H-pyrrole nitrogens is 1. The molecule has 1 aliphatic rings. The van der Waals surface area contributed by atoms with E-state index in [9.17, 15) is 14.0 Å². The van der Waals surface area contributed by atoms with E-state index in [1.54, 1.807) is 29.3 Å². The number of carbonyl (C=O) groups is 2. The Bertz CT molecular complexity index is 1030. The SMILES string of the molecule is O=C(NCCN1Cc2ccccc2OCC1=O)c1cc(-c2ccc(F)cc2)c[nH]1. The third-order valence-electron chi connectivity index (χ3n) is 4.81. The maximum Gasteiger partial charge on any atom is 0.267 e. The van der Waals surface area contributed by atoms with Crippen LogP contribution in [0, 0.1) is 5.82 Å². The highest BCUT2D eigenvalue weighted by Crippen LogP contribution is 2.23. The number of hydrogen-bond donors (Lipinski definition) is 2. The fourth-order valence-electron chi connectivity index (χ4n) is 3.24. The molecule has 6 nitrogen and oxygen atoms in total. The normalized spacial score (nSPS) is 13.4. The van der Waals surface area contributed by atoms with E-state index in [1.807, 2.05) is 24.3 Å². The Kier molecular flexibility index (Phi) is 5.29. The van der Waals surface area contributed by atoms with Crippen LogP contribution >= 0.6 is 0 Å². The van der Waals surface area contributed by atoms with Gasteiger partial charge in [-0.1, -0.05) is 30.3 Å². The van der Waals surface area contributed by atoms with Crippen molar-refractivity contribution in [1.29, 1.82) is 0 Å². The van der Waals surface area contributed by atoms with Crippen LogP contribution < -0.4 is 10.1 Å². The number of aromatic amines is 1. The predicted molar refractivity (Wildman–Crippen MR) is 106 cm³/mol. The Morgan fingerprint density at radius 1 is 1.14 bits per heavy atom. The Labute approximate surface area is 167 Å². The molecular formula is C22H20FN3O3. The average Bonchev–Trinajstić information content (AvgIpc) is 3.17. The number of hydrogen-bond acceptors (Lipinski definition) is 3. The number of amides is 2. The van der Waals surface area contributed by atoms with Crippen molar-refractivity contribution in [2.75, 3.05) is 19.7 Å². The zero-order valence-electron chi connectivity index (χ0n) is 15.7. The van der Waals surface area contributed by atoms with Crippen molar-refractivity contribution in [1.82, 2.24) is 15.2 Å². The molecule has 0 radical (unpaired) electrons. The molecule has 0 bridgehead atoms. The van der Waals surface area contributed by atoms with E-state index < -0.39 is 0 Å². The molecule has 0 spiro atoms. The second kappa shape index (κ2) is 8.18. The van der Waals surface area contributed by atoms with Gasteiger partial charge in [0.15, 0.2) is 6.61 Å². The number of fused-ring (bicyclic) bond motifs is 1. The van der Waals surface area contributed by atoms with Gasteiger partial charge in [0.2, 0.25) is 0 Å². The first-order chi connectivity index (χ1) is 14.1. The number of ether oxygens (including phenoxy) is 1. The van der Waals surface area contributed by atoms with Gasteiger partial charge in [-0.3, -0.25) is 9.59 Å². The van der Waals surface area contributed by atoms with Gasteiger partial charge in [0, 0.05) is 31.4 Å². The molecule has 2 amide bonds. The zero-order valence-corrected chi connectivity index (χ0v) is 15.7. The Morgan fingerprint density at radius 3 is 2.76 bits per heavy atom. The van der Waals surface area contributed by atoms with Crippen molar-refractivity contribution in [2.24, 2.45) is 0 Å². The summed E-state index contributed by atoms with van der Waals surface area (Å²) in [5, 5.41) is 2.82. The highest BCUT2D eigenvalue weighted by atomic mass is 19.1. The first-order valence-electron chi connectivity index (χ1n) is 9.31. The third kappa shape index (κ3) is 4.29. The van der Waals surface area contributed by atoms with Gasteiger partial charge >= 0.3 is 0 Å². The lowest BCUT2D eigenvalue weighted by Gasteiger charge is -2.20. The van der Waals surface area contributed by atoms with Gasteiger partial charge in [-0.05, 0) is 35.4 Å². The van der Waals surface area contributed by atoms with Gasteiger partial charge in [0.25, 0.3) is 11.8 Å².